The van der Waals surface area contributed by atoms with Crippen LogP contribution in [0.5, 0.6) is 0 Å². The van der Waals surface area contributed by atoms with E-state index in [9.17, 15) is 0 Å². The average molecular weight is 288 g/mol. The highest BCUT2D eigenvalue weighted by Crippen LogP contribution is 2.31. The van der Waals surface area contributed by atoms with Crippen LogP contribution in [-0.4, -0.2) is 9.55 Å². The van der Waals surface area contributed by atoms with Crippen LogP contribution in [0, 0.1) is 0 Å². The quantitative estimate of drug-likeness (QED) is 0.451. The molecule has 110 valence electrons. The van der Waals surface area contributed by atoms with E-state index in [2.05, 4.69) is 64.7 Å². The van der Waals surface area contributed by atoms with E-state index in [0.717, 1.165) is 30.6 Å². The molecule has 3 aromatic rings. The number of rotatable bonds is 6. The van der Waals surface area contributed by atoms with Crippen molar-refractivity contribution >= 4 is 0 Å². The smallest absolute Gasteiger partial charge is 0.0963 e. The maximum Gasteiger partial charge on any atom is 0.0963 e. The highest BCUT2D eigenvalue weighted by atomic mass is 15.1. The summed E-state index contributed by atoms with van der Waals surface area (Å²) in [5.41, 5.74) is 4.60. The molecule has 0 saturated carbocycles. The summed E-state index contributed by atoms with van der Waals surface area (Å²) in [5, 5.41) is 0. The van der Waals surface area contributed by atoms with Crippen molar-refractivity contribution < 1.29 is 0 Å². The summed E-state index contributed by atoms with van der Waals surface area (Å²) in [6.07, 6.45) is 6.02. The first kappa shape index (κ1) is 14.3. The monoisotopic (exact) mass is 288 g/mol. The maximum absolute atomic E-state index is 4.68. The molecule has 0 unspecified atom stereocenters. The van der Waals surface area contributed by atoms with E-state index in [1.807, 2.05) is 24.5 Å². The van der Waals surface area contributed by atoms with Crippen LogP contribution in [-0.2, 0) is 6.54 Å². The maximum atomic E-state index is 4.68. The summed E-state index contributed by atoms with van der Waals surface area (Å²) in [5.74, 6) is 0. The number of benzene rings is 2. The molecule has 0 N–H and O–H groups in total. The van der Waals surface area contributed by atoms with E-state index in [-0.39, 0.29) is 0 Å². The molecule has 22 heavy (non-hydrogen) atoms. The van der Waals surface area contributed by atoms with Crippen LogP contribution >= 0.6 is 0 Å². The van der Waals surface area contributed by atoms with Crippen molar-refractivity contribution in [2.24, 2.45) is 0 Å². The fourth-order valence-electron chi connectivity index (χ4n) is 2.66. The van der Waals surface area contributed by atoms with Gasteiger partial charge in [0.25, 0.3) is 0 Å². The molecule has 0 atom stereocenters. The number of hydrogen-bond acceptors (Lipinski definition) is 1. The molecule has 2 aromatic carbocycles. The van der Waals surface area contributed by atoms with Crippen molar-refractivity contribution in [1.82, 2.24) is 9.55 Å². The first-order valence-corrected chi connectivity index (χ1v) is 7.67. The molecule has 0 aliphatic heterocycles. The van der Waals surface area contributed by atoms with Crippen molar-refractivity contribution in [2.75, 3.05) is 0 Å². The lowest BCUT2D eigenvalue weighted by atomic mass is 10.0. The van der Waals surface area contributed by atoms with Crippen LogP contribution in [0.3, 0.4) is 0 Å². The summed E-state index contributed by atoms with van der Waals surface area (Å²) >= 11 is 0. The lowest BCUT2D eigenvalue weighted by Gasteiger charge is -2.10. The number of aryl methyl sites for hydroxylation is 1. The molecule has 0 aliphatic rings. The second-order valence-corrected chi connectivity index (χ2v) is 5.30. The summed E-state index contributed by atoms with van der Waals surface area (Å²) in [6.45, 7) is 4.75. The van der Waals surface area contributed by atoms with E-state index in [0.29, 0.717) is 0 Å². The van der Waals surface area contributed by atoms with E-state index < -0.39 is 0 Å². The zero-order valence-corrected chi connectivity index (χ0v) is 12.7. The third-order valence-electron chi connectivity index (χ3n) is 3.74. The molecule has 0 saturated heterocycles. The molecular weight excluding hydrogens is 268 g/mol. The Morgan fingerprint density at radius 3 is 2.18 bits per heavy atom. The largest absolute Gasteiger partial charge is 0.330 e. The molecule has 2 heteroatoms. The van der Waals surface area contributed by atoms with Gasteiger partial charge >= 0.3 is 0 Å². The van der Waals surface area contributed by atoms with Crippen LogP contribution in [0.2, 0.25) is 0 Å². The lowest BCUT2D eigenvalue weighted by molar-refractivity contribution is 0.655. The molecule has 3 rings (SSSR count). The van der Waals surface area contributed by atoms with Gasteiger partial charge in [0, 0.05) is 17.7 Å². The van der Waals surface area contributed by atoms with Crippen molar-refractivity contribution in [3.63, 3.8) is 0 Å². The van der Waals surface area contributed by atoms with Gasteiger partial charge in [0.15, 0.2) is 0 Å². The Morgan fingerprint density at radius 1 is 0.909 bits per heavy atom. The first-order valence-electron chi connectivity index (χ1n) is 7.67. The van der Waals surface area contributed by atoms with Gasteiger partial charge < -0.3 is 4.57 Å². The Morgan fingerprint density at radius 2 is 1.55 bits per heavy atom. The van der Waals surface area contributed by atoms with Gasteiger partial charge in [-0.1, -0.05) is 66.7 Å². The molecule has 0 aliphatic carbocycles. The van der Waals surface area contributed by atoms with Gasteiger partial charge in [-0.3, -0.25) is 0 Å². The van der Waals surface area contributed by atoms with Crippen molar-refractivity contribution in [3.8, 4) is 22.5 Å². The third kappa shape index (κ3) is 3.01. The predicted molar refractivity (Wildman–Crippen MR) is 92.5 cm³/mol. The first-order chi connectivity index (χ1) is 10.9. The molecule has 2 nitrogen and oxygen atoms in total. The summed E-state index contributed by atoms with van der Waals surface area (Å²) in [6, 6.07) is 20.9. The Hall–Kier alpha value is -2.61. The van der Waals surface area contributed by atoms with Gasteiger partial charge in [-0.15, -0.1) is 6.58 Å². The molecule has 1 heterocycles. The predicted octanol–water partition coefficient (Wildman–Crippen LogP) is 5.18. The highest BCUT2D eigenvalue weighted by Gasteiger charge is 2.14. The van der Waals surface area contributed by atoms with Gasteiger partial charge in [-0.05, 0) is 12.8 Å². The Balaban J connectivity index is 2.05. The second kappa shape index (κ2) is 6.90. The standard InChI is InChI=1S/C20H20N2/c1-2-3-10-15-22-16-21-19(17-11-6-4-7-12-17)20(22)18-13-8-5-9-14-18/h2,4-9,11-14,16H,1,3,10,15H2. The van der Waals surface area contributed by atoms with Gasteiger partial charge in [0.05, 0.1) is 17.7 Å². The number of unbranched alkanes of at least 4 members (excludes halogenated alkanes) is 1. The van der Waals surface area contributed by atoms with Crippen molar-refractivity contribution in [2.45, 2.75) is 19.4 Å². The van der Waals surface area contributed by atoms with Crippen LogP contribution in [0.1, 0.15) is 12.8 Å². The van der Waals surface area contributed by atoms with Gasteiger partial charge in [0.1, 0.15) is 0 Å². The Kier molecular flexibility index (Phi) is 4.50. The lowest BCUT2D eigenvalue weighted by Crippen LogP contribution is -1.99. The molecule has 0 bridgehead atoms. The number of hydrogen-bond donors (Lipinski definition) is 0. The molecule has 0 fully saturated rings. The number of nitrogens with zero attached hydrogens (tertiary/aromatic N) is 2. The average Bonchev–Trinajstić information content (AvgIpc) is 3.01. The van der Waals surface area contributed by atoms with Gasteiger partial charge in [0.2, 0.25) is 0 Å². The third-order valence-corrected chi connectivity index (χ3v) is 3.74. The molecule has 0 radical (unpaired) electrons. The van der Waals surface area contributed by atoms with Crippen LogP contribution in [0.15, 0.2) is 79.6 Å². The summed E-state index contributed by atoms with van der Waals surface area (Å²) < 4.78 is 2.25. The fourth-order valence-corrected chi connectivity index (χ4v) is 2.66. The SMILES string of the molecule is C=CCCCn1cnc(-c2ccccc2)c1-c1ccccc1. The Labute approximate surface area is 131 Å². The van der Waals surface area contributed by atoms with E-state index >= 15 is 0 Å². The van der Waals surface area contributed by atoms with Crippen molar-refractivity contribution in [3.05, 3.63) is 79.6 Å². The fraction of sp³-hybridized carbons (Fsp3) is 0.150. The molecule has 0 spiro atoms. The van der Waals surface area contributed by atoms with Crippen LogP contribution < -0.4 is 0 Å². The normalized spacial score (nSPS) is 10.5. The van der Waals surface area contributed by atoms with E-state index in [1.54, 1.807) is 0 Å². The molecule has 0 amide bonds. The zero-order chi connectivity index (χ0) is 15.2. The van der Waals surface area contributed by atoms with E-state index in [1.165, 1.54) is 11.3 Å². The van der Waals surface area contributed by atoms with Crippen LogP contribution in [0.4, 0.5) is 0 Å². The minimum atomic E-state index is 0.954. The second-order valence-electron chi connectivity index (χ2n) is 5.30. The minimum Gasteiger partial charge on any atom is -0.330 e. The number of imidazole rings is 1. The number of allylic oxidation sites excluding steroid dienone is 1. The highest BCUT2D eigenvalue weighted by molar-refractivity contribution is 5.78. The number of aromatic nitrogens is 2. The summed E-state index contributed by atoms with van der Waals surface area (Å²) in [4.78, 5) is 4.68. The minimum absolute atomic E-state index is 0.954. The Bertz CT molecular complexity index is 727. The van der Waals surface area contributed by atoms with Gasteiger partial charge in [-0.2, -0.15) is 0 Å². The van der Waals surface area contributed by atoms with Crippen LogP contribution in [0.25, 0.3) is 22.5 Å². The van der Waals surface area contributed by atoms with E-state index in [4.69, 9.17) is 0 Å². The molecule has 1 aromatic heterocycles. The topological polar surface area (TPSA) is 17.8 Å². The molecular formula is C20H20N2. The zero-order valence-electron chi connectivity index (χ0n) is 12.7. The van der Waals surface area contributed by atoms with Gasteiger partial charge in [-0.25, -0.2) is 4.98 Å². The summed E-state index contributed by atoms with van der Waals surface area (Å²) in [7, 11) is 0. The van der Waals surface area contributed by atoms with Crippen molar-refractivity contribution in [1.29, 1.82) is 0 Å².